The number of amides is 2. The molecular formula is C23H29FN4O3. The van der Waals surface area contributed by atoms with Gasteiger partial charge in [-0.15, -0.1) is 0 Å². The summed E-state index contributed by atoms with van der Waals surface area (Å²) in [6.45, 7) is 1.48. The summed E-state index contributed by atoms with van der Waals surface area (Å²) in [6, 6.07) is 8.29. The molecule has 2 heterocycles. The third-order valence-corrected chi connectivity index (χ3v) is 5.51. The van der Waals surface area contributed by atoms with E-state index in [1.807, 2.05) is 19.0 Å². The molecule has 0 saturated carbocycles. The summed E-state index contributed by atoms with van der Waals surface area (Å²) in [6.07, 6.45) is 5.32. The highest BCUT2D eigenvalue weighted by Crippen LogP contribution is 2.20. The van der Waals surface area contributed by atoms with Crippen molar-refractivity contribution in [1.29, 1.82) is 0 Å². The Kier molecular flexibility index (Phi) is 7.57. The van der Waals surface area contributed by atoms with Gasteiger partial charge in [0, 0.05) is 30.5 Å². The zero-order valence-corrected chi connectivity index (χ0v) is 18.0. The number of nitrogens with one attached hydrogen (secondary N) is 1. The maximum atomic E-state index is 13.0. The van der Waals surface area contributed by atoms with Crippen molar-refractivity contribution >= 4 is 17.5 Å². The van der Waals surface area contributed by atoms with Crippen molar-refractivity contribution in [2.45, 2.75) is 38.3 Å². The number of piperidine rings is 1. The zero-order chi connectivity index (χ0) is 22.4. The van der Waals surface area contributed by atoms with E-state index in [4.69, 9.17) is 0 Å². The van der Waals surface area contributed by atoms with Crippen LogP contribution in [0.5, 0.6) is 0 Å². The van der Waals surface area contributed by atoms with Crippen molar-refractivity contribution in [3.05, 3.63) is 64.3 Å². The summed E-state index contributed by atoms with van der Waals surface area (Å²) in [7, 11) is 4.02. The molecule has 2 aromatic rings. The summed E-state index contributed by atoms with van der Waals surface area (Å²) in [5, 5.41) is 2.66. The number of pyridine rings is 1. The minimum absolute atomic E-state index is 0.102. The normalized spacial score (nSPS) is 16.4. The second-order valence-electron chi connectivity index (χ2n) is 8.17. The van der Waals surface area contributed by atoms with Gasteiger partial charge in [0.15, 0.2) is 0 Å². The van der Waals surface area contributed by atoms with E-state index in [1.54, 1.807) is 0 Å². The molecule has 1 N–H and O–H groups in total. The van der Waals surface area contributed by atoms with Crippen LogP contribution in [0.25, 0.3) is 0 Å². The first-order valence-corrected chi connectivity index (χ1v) is 10.5. The predicted octanol–water partition coefficient (Wildman–Crippen LogP) is 2.57. The maximum absolute atomic E-state index is 13.0. The number of rotatable bonds is 7. The number of carbonyl (C=O) groups excluding carboxylic acids is 2. The standard InChI is InChI=1S/C23H29FN4O3/c1-26(2)14-12-20-5-3-4-13-28(20)22(30)16-27-15-17(6-11-21(27)29)23(31)25-19-9-7-18(24)8-10-19/h6-11,15,20H,3-5,12-14,16H2,1-2H3,(H,25,31). The van der Waals surface area contributed by atoms with Gasteiger partial charge in [-0.2, -0.15) is 0 Å². The number of nitrogens with zero attached hydrogens (tertiary/aromatic N) is 3. The topological polar surface area (TPSA) is 74.7 Å². The van der Waals surface area contributed by atoms with E-state index in [2.05, 4.69) is 10.2 Å². The highest BCUT2D eigenvalue weighted by atomic mass is 19.1. The molecule has 1 aliphatic heterocycles. The van der Waals surface area contributed by atoms with Crippen LogP contribution in [0.4, 0.5) is 10.1 Å². The quantitative estimate of drug-likeness (QED) is 0.736. The SMILES string of the molecule is CN(C)CCC1CCCCN1C(=O)Cn1cc(C(=O)Nc2ccc(F)cc2)ccc1=O. The fourth-order valence-corrected chi connectivity index (χ4v) is 3.80. The van der Waals surface area contributed by atoms with Crippen molar-refractivity contribution in [2.24, 2.45) is 0 Å². The number of carbonyl (C=O) groups is 2. The van der Waals surface area contributed by atoms with E-state index in [0.717, 1.165) is 32.2 Å². The van der Waals surface area contributed by atoms with Gasteiger partial charge >= 0.3 is 0 Å². The van der Waals surface area contributed by atoms with E-state index in [9.17, 15) is 18.8 Å². The van der Waals surface area contributed by atoms with Crippen LogP contribution in [-0.2, 0) is 11.3 Å². The first-order chi connectivity index (χ1) is 14.8. The minimum Gasteiger partial charge on any atom is -0.338 e. The van der Waals surface area contributed by atoms with E-state index < -0.39 is 11.7 Å². The van der Waals surface area contributed by atoms with Crippen LogP contribution in [-0.4, -0.2) is 59.4 Å². The number of halogens is 1. The minimum atomic E-state index is -0.436. The van der Waals surface area contributed by atoms with Gasteiger partial charge < -0.3 is 19.7 Å². The van der Waals surface area contributed by atoms with Gasteiger partial charge in [0.05, 0.1) is 5.56 Å². The Balaban J connectivity index is 1.70. The van der Waals surface area contributed by atoms with Gasteiger partial charge in [-0.1, -0.05) is 0 Å². The average molecular weight is 429 g/mol. The van der Waals surface area contributed by atoms with Gasteiger partial charge in [0.1, 0.15) is 12.4 Å². The Hall–Kier alpha value is -3.00. The molecule has 0 spiro atoms. The fourth-order valence-electron chi connectivity index (χ4n) is 3.80. The molecule has 0 aliphatic carbocycles. The molecule has 1 aliphatic rings. The third-order valence-electron chi connectivity index (χ3n) is 5.51. The molecule has 2 amide bonds. The van der Waals surface area contributed by atoms with Gasteiger partial charge in [0.2, 0.25) is 5.91 Å². The van der Waals surface area contributed by atoms with Gasteiger partial charge in [0.25, 0.3) is 11.5 Å². The van der Waals surface area contributed by atoms with Crippen molar-refractivity contribution in [3.8, 4) is 0 Å². The smallest absolute Gasteiger partial charge is 0.257 e. The first kappa shape index (κ1) is 22.7. The van der Waals surface area contributed by atoms with Crippen LogP contribution in [0.1, 0.15) is 36.0 Å². The van der Waals surface area contributed by atoms with Crippen molar-refractivity contribution in [1.82, 2.24) is 14.4 Å². The molecule has 1 aromatic heterocycles. The Labute approximate surface area is 181 Å². The Morgan fingerprint density at radius 1 is 1.13 bits per heavy atom. The molecule has 3 rings (SSSR count). The summed E-state index contributed by atoms with van der Waals surface area (Å²) < 4.78 is 14.3. The lowest BCUT2D eigenvalue weighted by atomic mass is 9.99. The number of likely N-dealkylation sites (tertiary alicyclic amines) is 1. The molecular weight excluding hydrogens is 399 g/mol. The van der Waals surface area contributed by atoms with Gasteiger partial charge in [-0.3, -0.25) is 14.4 Å². The molecule has 7 nitrogen and oxygen atoms in total. The van der Waals surface area contributed by atoms with E-state index in [-0.39, 0.29) is 29.6 Å². The van der Waals surface area contributed by atoms with Crippen molar-refractivity contribution in [2.75, 3.05) is 32.5 Å². The lowest BCUT2D eigenvalue weighted by Gasteiger charge is -2.36. The average Bonchev–Trinajstić information content (AvgIpc) is 2.75. The highest BCUT2D eigenvalue weighted by molar-refractivity contribution is 6.04. The molecule has 166 valence electrons. The van der Waals surface area contributed by atoms with Crippen molar-refractivity contribution in [3.63, 3.8) is 0 Å². The van der Waals surface area contributed by atoms with E-state index in [1.165, 1.54) is 47.2 Å². The van der Waals surface area contributed by atoms with E-state index >= 15 is 0 Å². The third kappa shape index (κ3) is 6.24. The molecule has 8 heteroatoms. The second kappa shape index (κ2) is 10.3. The fraction of sp³-hybridized carbons (Fsp3) is 0.435. The molecule has 0 bridgehead atoms. The second-order valence-corrected chi connectivity index (χ2v) is 8.17. The van der Waals surface area contributed by atoms with Crippen molar-refractivity contribution < 1.29 is 14.0 Å². The van der Waals surface area contributed by atoms with Crippen LogP contribution < -0.4 is 10.9 Å². The summed E-state index contributed by atoms with van der Waals surface area (Å²) in [5.41, 5.74) is 0.352. The highest BCUT2D eigenvalue weighted by Gasteiger charge is 2.26. The lowest BCUT2D eigenvalue weighted by Crippen LogP contribution is -2.47. The molecule has 31 heavy (non-hydrogen) atoms. The Morgan fingerprint density at radius 3 is 2.58 bits per heavy atom. The van der Waals surface area contributed by atoms with Gasteiger partial charge in [-0.05, 0) is 76.7 Å². The molecule has 0 radical (unpaired) electrons. The summed E-state index contributed by atoms with van der Waals surface area (Å²) in [5.74, 6) is -0.942. The molecule has 1 atom stereocenters. The summed E-state index contributed by atoms with van der Waals surface area (Å²) >= 11 is 0. The van der Waals surface area contributed by atoms with Crippen LogP contribution in [0, 0.1) is 5.82 Å². The van der Waals surface area contributed by atoms with Crippen LogP contribution >= 0.6 is 0 Å². The lowest BCUT2D eigenvalue weighted by molar-refractivity contribution is -0.135. The Bertz CT molecular complexity index is 972. The van der Waals surface area contributed by atoms with Crippen LogP contribution in [0.15, 0.2) is 47.4 Å². The largest absolute Gasteiger partial charge is 0.338 e. The zero-order valence-electron chi connectivity index (χ0n) is 18.0. The molecule has 1 fully saturated rings. The number of anilines is 1. The van der Waals surface area contributed by atoms with Crippen LogP contribution in [0.2, 0.25) is 0 Å². The van der Waals surface area contributed by atoms with Gasteiger partial charge in [-0.25, -0.2) is 4.39 Å². The van der Waals surface area contributed by atoms with E-state index in [0.29, 0.717) is 12.2 Å². The summed E-state index contributed by atoms with van der Waals surface area (Å²) in [4.78, 5) is 41.8. The number of hydrogen-bond acceptors (Lipinski definition) is 4. The maximum Gasteiger partial charge on any atom is 0.257 e. The molecule has 1 unspecified atom stereocenters. The number of aromatic nitrogens is 1. The molecule has 1 saturated heterocycles. The number of hydrogen-bond donors (Lipinski definition) is 1. The Morgan fingerprint density at radius 2 is 1.87 bits per heavy atom. The van der Waals surface area contributed by atoms with Crippen LogP contribution in [0.3, 0.4) is 0 Å². The predicted molar refractivity (Wildman–Crippen MR) is 118 cm³/mol. The number of benzene rings is 1. The molecule has 1 aromatic carbocycles. The first-order valence-electron chi connectivity index (χ1n) is 10.5. The monoisotopic (exact) mass is 428 g/mol.